The largest absolute Gasteiger partial charge is 0.482 e. The van der Waals surface area contributed by atoms with Crippen LogP contribution < -0.4 is 4.74 Å². The molecule has 2 heterocycles. The van der Waals surface area contributed by atoms with E-state index in [9.17, 15) is 22.8 Å². The number of benzene rings is 2. The van der Waals surface area contributed by atoms with Crippen molar-refractivity contribution in [2.24, 2.45) is 0 Å². The van der Waals surface area contributed by atoms with Crippen LogP contribution in [-0.4, -0.2) is 33.0 Å². The minimum absolute atomic E-state index is 0.0326. The summed E-state index contributed by atoms with van der Waals surface area (Å²) >= 11 is 6.29. The summed E-state index contributed by atoms with van der Waals surface area (Å²) in [5.41, 5.74) is 0.850. The number of carbonyl (C=O) groups excluding carboxylic acids is 1. The van der Waals surface area contributed by atoms with Crippen LogP contribution in [0.15, 0.2) is 60.8 Å². The molecule has 37 heavy (non-hydrogen) atoms. The molecule has 0 aliphatic carbocycles. The highest BCUT2D eigenvalue weighted by molar-refractivity contribution is 6.31. The first kappa shape index (κ1) is 27.7. The fourth-order valence-electron chi connectivity index (χ4n) is 3.57. The number of rotatable bonds is 7. The molecule has 0 fully saturated rings. The van der Waals surface area contributed by atoms with Gasteiger partial charge < -0.3 is 14.4 Å². The van der Waals surface area contributed by atoms with Crippen molar-refractivity contribution in [3.05, 3.63) is 93.8 Å². The van der Waals surface area contributed by atoms with Crippen LogP contribution in [0.2, 0.25) is 5.02 Å². The number of nitrogens with zero attached hydrogens (tertiary/aromatic N) is 2. The van der Waals surface area contributed by atoms with Crippen molar-refractivity contribution in [1.29, 1.82) is 0 Å². The maximum Gasteiger partial charge on any atom is 0.433 e. The number of aromatic nitrogens is 2. The highest BCUT2D eigenvalue weighted by Crippen LogP contribution is 2.32. The molecule has 10 heteroatoms. The van der Waals surface area contributed by atoms with Crippen molar-refractivity contribution < 1.29 is 32.6 Å². The fraction of sp³-hybridized carbons (Fsp3) is 0.222. The number of ether oxygens (including phenoxy) is 1. The molecule has 194 valence electrons. The molecule has 0 amide bonds. The zero-order chi connectivity index (χ0) is 27.3. The Labute approximate surface area is 216 Å². The van der Waals surface area contributed by atoms with Gasteiger partial charge in [-0.3, -0.25) is 4.79 Å². The van der Waals surface area contributed by atoms with Gasteiger partial charge in [-0.05, 0) is 42.8 Å². The number of carboxylic acids is 1. The van der Waals surface area contributed by atoms with Gasteiger partial charge in [-0.2, -0.15) is 13.2 Å². The summed E-state index contributed by atoms with van der Waals surface area (Å²) in [6, 6.07) is 13.4. The van der Waals surface area contributed by atoms with E-state index in [1.165, 1.54) is 35.0 Å². The van der Waals surface area contributed by atoms with E-state index in [2.05, 4.69) is 4.98 Å². The van der Waals surface area contributed by atoms with E-state index in [4.69, 9.17) is 21.4 Å². The van der Waals surface area contributed by atoms with Crippen molar-refractivity contribution >= 4 is 34.4 Å². The van der Waals surface area contributed by atoms with Gasteiger partial charge in [0.2, 0.25) is 0 Å². The number of alkyl halides is 3. The van der Waals surface area contributed by atoms with E-state index >= 15 is 0 Å². The summed E-state index contributed by atoms with van der Waals surface area (Å²) in [5.74, 6) is -1.30. The summed E-state index contributed by atoms with van der Waals surface area (Å²) in [4.78, 5) is 27.8. The van der Waals surface area contributed by atoms with Gasteiger partial charge in [-0.25, -0.2) is 9.78 Å². The van der Waals surface area contributed by atoms with Crippen LogP contribution in [0, 0.1) is 6.92 Å². The van der Waals surface area contributed by atoms with E-state index in [0.29, 0.717) is 11.1 Å². The average Bonchev–Trinajstić information content (AvgIpc) is 3.23. The Morgan fingerprint density at radius 1 is 1.05 bits per heavy atom. The molecule has 0 saturated heterocycles. The number of hydrogen-bond donors (Lipinski definition) is 1. The predicted molar refractivity (Wildman–Crippen MR) is 134 cm³/mol. The third-order valence-electron chi connectivity index (χ3n) is 5.29. The van der Waals surface area contributed by atoms with Crippen LogP contribution in [0.5, 0.6) is 5.75 Å². The third-order valence-corrected chi connectivity index (χ3v) is 5.66. The molecular weight excluding hydrogens is 509 g/mol. The molecule has 0 unspecified atom stereocenters. The second-order valence-corrected chi connectivity index (χ2v) is 8.27. The van der Waals surface area contributed by atoms with Gasteiger partial charge >= 0.3 is 12.1 Å². The van der Waals surface area contributed by atoms with Crippen molar-refractivity contribution in [2.75, 3.05) is 6.61 Å². The molecule has 4 aromatic rings. The number of carboxylic acid groups (broad SMARTS) is 1. The number of ketones is 1. The fourth-order valence-corrected chi connectivity index (χ4v) is 3.75. The quantitative estimate of drug-likeness (QED) is 0.265. The number of hydrogen-bond acceptors (Lipinski definition) is 4. The summed E-state index contributed by atoms with van der Waals surface area (Å²) in [5, 5.41) is 9.37. The highest BCUT2D eigenvalue weighted by atomic mass is 35.5. The van der Waals surface area contributed by atoms with Crippen LogP contribution in [0.25, 0.3) is 11.0 Å². The lowest BCUT2D eigenvalue weighted by molar-refractivity contribution is -0.141. The van der Waals surface area contributed by atoms with Crippen LogP contribution in [0.4, 0.5) is 13.2 Å². The van der Waals surface area contributed by atoms with Gasteiger partial charge in [-0.15, -0.1) is 0 Å². The van der Waals surface area contributed by atoms with Gasteiger partial charge in [0.15, 0.2) is 12.4 Å². The van der Waals surface area contributed by atoms with Crippen LogP contribution in [-0.2, 0) is 17.5 Å². The van der Waals surface area contributed by atoms with E-state index in [-0.39, 0.29) is 39.7 Å². The number of aliphatic carboxylic acids is 1. The molecule has 6 nitrogen and oxygen atoms in total. The van der Waals surface area contributed by atoms with Gasteiger partial charge in [-0.1, -0.05) is 55.3 Å². The Balaban J connectivity index is 0.00000186. The average molecular weight is 533 g/mol. The third kappa shape index (κ3) is 6.48. The molecule has 4 rings (SSSR count). The first-order valence-corrected chi connectivity index (χ1v) is 11.7. The Morgan fingerprint density at radius 3 is 2.35 bits per heavy atom. The molecule has 0 aliphatic rings. The number of carbonyl (C=O) groups is 2. The van der Waals surface area contributed by atoms with E-state index in [0.717, 1.165) is 11.6 Å². The van der Waals surface area contributed by atoms with Gasteiger partial charge in [0.05, 0.1) is 6.54 Å². The lowest BCUT2D eigenvalue weighted by atomic mass is 10.0. The smallest absolute Gasteiger partial charge is 0.433 e. The number of halogens is 4. The summed E-state index contributed by atoms with van der Waals surface area (Å²) < 4.78 is 46.7. The van der Waals surface area contributed by atoms with Gasteiger partial charge in [0.25, 0.3) is 0 Å². The Morgan fingerprint density at radius 2 is 1.73 bits per heavy atom. The maximum absolute atomic E-state index is 13.4. The molecule has 2 aromatic heterocycles. The standard InChI is InChI=1S/C25H18ClF3N2O4.C2H6/c1-14-2-4-15(5-3-14)23(34)19-12-31(24-18(19)7-9-21(30-24)25(27,28)29)11-16-10-17(6-8-20(16)26)35-13-22(32)33;1-2/h2-10,12H,11,13H2,1H3,(H,32,33);1-2H3. The minimum atomic E-state index is -4.67. The zero-order valence-electron chi connectivity index (χ0n) is 20.3. The lowest BCUT2D eigenvalue weighted by Gasteiger charge is -2.11. The molecule has 0 atom stereocenters. The first-order chi connectivity index (χ1) is 17.5. The number of pyridine rings is 1. The summed E-state index contributed by atoms with van der Waals surface area (Å²) in [6.45, 7) is 5.27. The molecule has 1 N–H and O–H groups in total. The zero-order valence-corrected chi connectivity index (χ0v) is 21.0. The molecular formula is C27H24ClF3N2O4. The van der Waals surface area contributed by atoms with Gasteiger partial charge in [0.1, 0.15) is 17.1 Å². The number of aryl methyl sites for hydroxylation is 1. The molecule has 0 radical (unpaired) electrons. The molecule has 0 bridgehead atoms. The predicted octanol–water partition coefficient (Wildman–Crippen LogP) is 6.79. The second-order valence-electron chi connectivity index (χ2n) is 7.87. The van der Waals surface area contributed by atoms with Crippen LogP contribution in [0.1, 0.15) is 46.6 Å². The highest BCUT2D eigenvalue weighted by Gasteiger charge is 2.33. The van der Waals surface area contributed by atoms with E-state index < -0.39 is 24.4 Å². The van der Waals surface area contributed by atoms with Crippen molar-refractivity contribution in [2.45, 2.75) is 33.5 Å². The SMILES string of the molecule is CC.Cc1ccc(C(=O)c2cn(Cc3cc(OCC(=O)O)ccc3Cl)c3nc(C(F)(F)F)ccc23)cc1. The summed E-state index contributed by atoms with van der Waals surface area (Å²) in [6.07, 6.45) is -3.23. The topological polar surface area (TPSA) is 81.4 Å². The van der Waals surface area contributed by atoms with E-state index in [1.807, 2.05) is 20.8 Å². The van der Waals surface area contributed by atoms with E-state index in [1.54, 1.807) is 24.3 Å². The first-order valence-electron chi connectivity index (χ1n) is 11.3. The maximum atomic E-state index is 13.4. The Bertz CT molecular complexity index is 1430. The Hall–Kier alpha value is -3.85. The van der Waals surface area contributed by atoms with Crippen molar-refractivity contribution in [1.82, 2.24) is 9.55 Å². The molecule has 0 spiro atoms. The summed E-state index contributed by atoms with van der Waals surface area (Å²) in [7, 11) is 0. The van der Waals surface area contributed by atoms with Crippen molar-refractivity contribution in [3.8, 4) is 5.75 Å². The molecule has 0 saturated carbocycles. The number of fused-ring (bicyclic) bond motifs is 1. The molecule has 2 aromatic carbocycles. The van der Waals surface area contributed by atoms with Crippen molar-refractivity contribution in [3.63, 3.8) is 0 Å². The van der Waals surface area contributed by atoms with Crippen LogP contribution in [0.3, 0.4) is 0 Å². The molecule has 0 aliphatic heterocycles. The van der Waals surface area contributed by atoms with Crippen LogP contribution >= 0.6 is 11.6 Å². The monoisotopic (exact) mass is 532 g/mol. The Kier molecular flexibility index (Phi) is 8.60. The second kappa shape index (κ2) is 11.5. The lowest BCUT2D eigenvalue weighted by Crippen LogP contribution is -2.10. The normalized spacial score (nSPS) is 11.1. The minimum Gasteiger partial charge on any atom is -0.482 e. The van der Waals surface area contributed by atoms with Gasteiger partial charge in [0, 0.05) is 27.7 Å².